The second kappa shape index (κ2) is 5.92. The van der Waals surface area contributed by atoms with E-state index in [1.54, 1.807) is 6.08 Å². The van der Waals surface area contributed by atoms with Gasteiger partial charge in [-0.15, -0.1) is 17.9 Å². The summed E-state index contributed by atoms with van der Waals surface area (Å²) in [6.07, 6.45) is 1.67. The van der Waals surface area contributed by atoms with Crippen LogP contribution in [0, 0.1) is 11.3 Å². The standard InChI is InChI=1S/C11H14N4OS/c1-3-5-15-11-7(6-12)8(13)9(17-11)10(16)14-4-2/h3,15H,1,4-5,13H2,2H3,(H,14,16). The lowest BCUT2D eigenvalue weighted by molar-refractivity contribution is 0.0960. The van der Waals surface area contributed by atoms with E-state index in [-0.39, 0.29) is 11.6 Å². The number of hydrogen-bond acceptors (Lipinski definition) is 5. The van der Waals surface area contributed by atoms with Crippen molar-refractivity contribution in [3.63, 3.8) is 0 Å². The van der Waals surface area contributed by atoms with Crippen molar-refractivity contribution < 1.29 is 4.79 Å². The molecule has 1 aromatic rings. The summed E-state index contributed by atoms with van der Waals surface area (Å²) in [6, 6.07) is 2.00. The van der Waals surface area contributed by atoms with Crippen LogP contribution in [0.4, 0.5) is 10.7 Å². The molecule has 0 aliphatic carbocycles. The van der Waals surface area contributed by atoms with Gasteiger partial charge in [0, 0.05) is 13.1 Å². The van der Waals surface area contributed by atoms with Crippen molar-refractivity contribution in [2.75, 3.05) is 24.1 Å². The summed E-state index contributed by atoms with van der Waals surface area (Å²) in [5, 5.41) is 15.3. The van der Waals surface area contributed by atoms with E-state index in [1.165, 1.54) is 11.3 Å². The number of anilines is 2. The molecule has 5 nitrogen and oxygen atoms in total. The zero-order chi connectivity index (χ0) is 12.8. The van der Waals surface area contributed by atoms with Gasteiger partial charge in [0.15, 0.2) is 0 Å². The van der Waals surface area contributed by atoms with Crippen molar-refractivity contribution in [1.82, 2.24) is 5.32 Å². The van der Waals surface area contributed by atoms with Gasteiger partial charge in [-0.25, -0.2) is 0 Å². The number of nitrogen functional groups attached to an aromatic ring is 1. The molecule has 0 unspecified atom stereocenters. The van der Waals surface area contributed by atoms with Crippen LogP contribution in [0.3, 0.4) is 0 Å². The Morgan fingerprint density at radius 2 is 2.41 bits per heavy atom. The van der Waals surface area contributed by atoms with Crippen LogP contribution in [0.2, 0.25) is 0 Å². The maximum absolute atomic E-state index is 11.7. The maximum Gasteiger partial charge on any atom is 0.263 e. The minimum absolute atomic E-state index is 0.231. The average Bonchev–Trinajstić information content (AvgIpc) is 2.63. The first kappa shape index (κ1) is 13.1. The summed E-state index contributed by atoms with van der Waals surface area (Å²) < 4.78 is 0. The average molecular weight is 250 g/mol. The first-order valence-corrected chi connectivity index (χ1v) is 5.92. The summed E-state index contributed by atoms with van der Waals surface area (Å²) in [5.74, 6) is -0.252. The molecule has 0 radical (unpaired) electrons. The van der Waals surface area contributed by atoms with E-state index in [4.69, 9.17) is 11.0 Å². The molecule has 0 fully saturated rings. The van der Waals surface area contributed by atoms with Crippen LogP contribution in [0.15, 0.2) is 12.7 Å². The second-order valence-corrected chi connectivity index (χ2v) is 4.21. The van der Waals surface area contributed by atoms with Crippen molar-refractivity contribution >= 4 is 27.9 Å². The van der Waals surface area contributed by atoms with Gasteiger partial charge in [0.05, 0.1) is 5.69 Å². The van der Waals surface area contributed by atoms with Gasteiger partial charge in [0.1, 0.15) is 21.5 Å². The van der Waals surface area contributed by atoms with E-state index >= 15 is 0 Å². The van der Waals surface area contributed by atoms with E-state index in [9.17, 15) is 4.79 Å². The Bertz CT molecular complexity index is 473. The molecular weight excluding hydrogens is 236 g/mol. The Kier molecular flexibility index (Phi) is 4.55. The van der Waals surface area contributed by atoms with Gasteiger partial charge in [-0.05, 0) is 6.92 Å². The minimum Gasteiger partial charge on any atom is -0.396 e. The van der Waals surface area contributed by atoms with Crippen LogP contribution >= 0.6 is 11.3 Å². The van der Waals surface area contributed by atoms with Crippen LogP contribution < -0.4 is 16.4 Å². The molecule has 90 valence electrons. The molecule has 0 saturated heterocycles. The zero-order valence-corrected chi connectivity index (χ0v) is 10.4. The van der Waals surface area contributed by atoms with Crippen molar-refractivity contribution in [2.45, 2.75) is 6.92 Å². The molecular formula is C11H14N4OS. The van der Waals surface area contributed by atoms with E-state index < -0.39 is 0 Å². The number of hydrogen-bond donors (Lipinski definition) is 3. The second-order valence-electron chi connectivity index (χ2n) is 3.19. The van der Waals surface area contributed by atoms with E-state index in [0.29, 0.717) is 28.5 Å². The predicted octanol–water partition coefficient (Wildman–Crippen LogP) is 1.55. The fraction of sp³-hybridized carbons (Fsp3) is 0.273. The molecule has 1 heterocycles. The van der Waals surface area contributed by atoms with Gasteiger partial charge >= 0.3 is 0 Å². The van der Waals surface area contributed by atoms with Crippen molar-refractivity contribution in [3.8, 4) is 6.07 Å². The summed E-state index contributed by atoms with van der Waals surface area (Å²) >= 11 is 1.18. The third-order valence-electron chi connectivity index (χ3n) is 2.01. The molecule has 1 aromatic heterocycles. The smallest absolute Gasteiger partial charge is 0.263 e. The summed E-state index contributed by atoms with van der Waals surface area (Å²) in [6.45, 7) is 6.44. The largest absolute Gasteiger partial charge is 0.396 e. The number of carbonyl (C=O) groups is 1. The number of nitriles is 1. The Labute approximate surface area is 104 Å². The number of nitrogens with two attached hydrogens (primary N) is 1. The highest BCUT2D eigenvalue weighted by molar-refractivity contribution is 7.18. The van der Waals surface area contributed by atoms with Crippen LogP contribution in [0.25, 0.3) is 0 Å². The molecule has 0 bridgehead atoms. The van der Waals surface area contributed by atoms with Crippen molar-refractivity contribution in [1.29, 1.82) is 5.26 Å². The molecule has 0 aromatic carbocycles. The van der Waals surface area contributed by atoms with Crippen LogP contribution in [-0.4, -0.2) is 19.0 Å². The molecule has 1 rings (SSSR count). The van der Waals surface area contributed by atoms with Crippen LogP contribution in [-0.2, 0) is 0 Å². The number of nitrogens with zero attached hydrogens (tertiary/aromatic N) is 1. The molecule has 0 aliphatic rings. The zero-order valence-electron chi connectivity index (χ0n) is 9.54. The first-order valence-electron chi connectivity index (χ1n) is 5.11. The number of carbonyl (C=O) groups excluding carboxylic acids is 1. The lowest BCUT2D eigenvalue weighted by atomic mass is 10.2. The molecule has 4 N–H and O–H groups in total. The van der Waals surface area contributed by atoms with Crippen LogP contribution in [0.1, 0.15) is 22.2 Å². The molecule has 0 saturated carbocycles. The third-order valence-corrected chi connectivity index (χ3v) is 3.17. The number of thiophene rings is 1. The van der Waals surface area contributed by atoms with Crippen molar-refractivity contribution in [2.24, 2.45) is 0 Å². The Balaban J connectivity index is 3.09. The Hall–Kier alpha value is -2.00. The predicted molar refractivity (Wildman–Crippen MR) is 70.1 cm³/mol. The number of rotatable bonds is 5. The lowest BCUT2D eigenvalue weighted by Crippen LogP contribution is -2.22. The molecule has 0 atom stereocenters. The Morgan fingerprint density at radius 3 is 2.94 bits per heavy atom. The SMILES string of the molecule is C=CCNc1sc(C(=O)NCC)c(N)c1C#N. The van der Waals surface area contributed by atoms with Gasteiger partial charge in [-0.3, -0.25) is 4.79 Å². The van der Waals surface area contributed by atoms with Gasteiger partial charge in [0.25, 0.3) is 5.91 Å². The highest BCUT2D eigenvalue weighted by Gasteiger charge is 2.20. The topological polar surface area (TPSA) is 90.9 Å². The maximum atomic E-state index is 11.7. The van der Waals surface area contributed by atoms with Gasteiger partial charge < -0.3 is 16.4 Å². The lowest BCUT2D eigenvalue weighted by Gasteiger charge is -1.99. The van der Waals surface area contributed by atoms with E-state index in [0.717, 1.165) is 0 Å². The summed E-state index contributed by atoms with van der Waals surface area (Å²) in [7, 11) is 0. The minimum atomic E-state index is -0.252. The summed E-state index contributed by atoms with van der Waals surface area (Å²) in [5.41, 5.74) is 6.33. The van der Waals surface area contributed by atoms with Crippen molar-refractivity contribution in [3.05, 3.63) is 23.1 Å². The quantitative estimate of drug-likeness (QED) is 0.691. The Morgan fingerprint density at radius 1 is 1.71 bits per heavy atom. The van der Waals surface area contributed by atoms with Gasteiger partial charge in [-0.2, -0.15) is 5.26 Å². The molecule has 6 heteroatoms. The molecule has 17 heavy (non-hydrogen) atoms. The summed E-state index contributed by atoms with van der Waals surface area (Å²) in [4.78, 5) is 12.1. The van der Waals surface area contributed by atoms with E-state index in [1.807, 2.05) is 13.0 Å². The molecule has 0 aliphatic heterocycles. The van der Waals surface area contributed by atoms with E-state index in [2.05, 4.69) is 17.2 Å². The first-order chi connectivity index (χ1) is 8.15. The van der Waals surface area contributed by atoms with Crippen LogP contribution in [0.5, 0.6) is 0 Å². The monoisotopic (exact) mass is 250 g/mol. The normalized spacial score (nSPS) is 9.41. The fourth-order valence-corrected chi connectivity index (χ4v) is 2.25. The highest BCUT2D eigenvalue weighted by atomic mass is 32.1. The number of nitrogens with one attached hydrogen (secondary N) is 2. The number of amides is 1. The fourth-order valence-electron chi connectivity index (χ4n) is 1.25. The third kappa shape index (κ3) is 2.77. The van der Waals surface area contributed by atoms with Gasteiger partial charge in [0.2, 0.25) is 0 Å². The van der Waals surface area contributed by atoms with Gasteiger partial charge in [-0.1, -0.05) is 6.08 Å². The molecule has 1 amide bonds. The molecule has 0 spiro atoms. The highest BCUT2D eigenvalue weighted by Crippen LogP contribution is 2.34.